The van der Waals surface area contributed by atoms with Crippen LogP contribution in [0.1, 0.15) is 20.3 Å². The molecule has 0 aromatic carbocycles. The lowest BCUT2D eigenvalue weighted by Gasteiger charge is -2.18. The van der Waals surface area contributed by atoms with E-state index in [2.05, 4.69) is 6.92 Å². The number of aliphatic hydroxyl groups excluding tert-OH is 2. The average molecular weight is 178 g/mol. The largest absolute Gasteiger partial charge is 0.394 e. The van der Waals surface area contributed by atoms with Crippen LogP contribution in [0.4, 0.5) is 0 Å². The normalized spacial score (nSPS) is 20.0. The highest BCUT2D eigenvalue weighted by molar-refractivity contribution is 4.64. The Bertz CT molecular complexity index is 97.2. The molecule has 74 valence electrons. The molecule has 0 atom stereocenters. The van der Waals surface area contributed by atoms with Gasteiger partial charge in [0.15, 0.2) is 5.79 Å². The maximum atomic E-state index is 7.62. The Morgan fingerprint density at radius 2 is 1.58 bits per heavy atom. The maximum Gasteiger partial charge on any atom is 0.165 e. The Labute approximate surface area is 73.1 Å². The molecule has 1 heterocycles. The Morgan fingerprint density at radius 1 is 1.17 bits per heavy atom. The van der Waals surface area contributed by atoms with Gasteiger partial charge in [0.2, 0.25) is 0 Å². The molecule has 1 rings (SSSR count). The van der Waals surface area contributed by atoms with Crippen molar-refractivity contribution in [3.8, 4) is 0 Å². The van der Waals surface area contributed by atoms with Crippen LogP contribution in [-0.4, -0.2) is 42.4 Å². The molecule has 1 aliphatic heterocycles. The molecule has 4 nitrogen and oxygen atoms in total. The highest BCUT2D eigenvalue weighted by atomic mass is 16.7. The zero-order chi connectivity index (χ0) is 9.45. The van der Waals surface area contributed by atoms with Crippen LogP contribution in [0.15, 0.2) is 0 Å². The van der Waals surface area contributed by atoms with Gasteiger partial charge in [0.05, 0.1) is 26.4 Å². The third-order valence-corrected chi connectivity index (χ3v) is 1.64. The summed E-state index contributed by atoms with van der Waals surface area (Å²) >= 11 is 0. The van der Waals surface area contributed by atoms with Gasteiger partial charge in [0.1, 0.15) is 0 Å². The fourth-order valence-electron chi connectivity index (χ4n) is 0.761. The van der Waals surface area contributed by atoms with Gasteiger partial charge in [-0.05, 0) is 13.3 Å². The van der Waals surface area contributed by atoms with Crippen LogP contribution in [-0.2, 0) is 9.47 Å². The third-order valence-electron chi connectivity index (χ3n) is 1.64. The monoisotopic (exact) mass is 178 g/mol. The fourth-order valence-corrected chi connectivity index (χ4v) is 0.761. The number of ether oxygens (including phenoxy) is 2. The summed E-state index contributed by atoms with van der Waals surface area (Å²) in [6.07, 6.45) is 0.938. The summed E-state index contributed by atoms with van der Waals surface area (Å²) in [5, 5.41) is 15.2. The first kappa shape index (κ1) is 11.8. The summed E-state index contributed by atoms with van der Waals surface area (Å²) in [6, 6.07) is 0. The van der Waals surface area contributed by atoms with Gasteiger partial charge in [-0.3, -0.25) is 0 Å². The zero-order valence-electron chi connectivity index (χ0n) is 7.75. The van der Waals surface area contributed by atoms with E-state index in [1.54, 1.807) is 0 Å². The molecule has 1 saturated heterocycles. The molecular weight excluding hydrogens is 160 g/mol. The van der Waals surface area contributed by atoms with Gasteiger partial charge in [0, 0.05) is 0 Å². The van der Waals surface area contributed by atoms with Gasteiger partial charge < -0.3 is 19.7 Å². The van der Waals surface area contributed by atoms with Crippen molar-refractivity contribution in [2.75, 3.05) is 26.4 Å². The van der Waals surface area contributed by atoms with Crippen LogP contribution < -0.4 is 0 Å². The lowest BCUT2D eigenvalue weighted by molar-refractivity contribution is -0.143. The first-order valence-corrected chi connectivity index (χ1v) is 4.18. The Balaban J connectivity index is 0.000000261. The maximum absolute atomic E-state index is 7.62. The molecule has 1 aliphatic rings. The van der Waals surface area contributed by atoms with E-state index in [-0.39, 0.29) is 19.0 Å². The molecule has 12 heavy (non-hydrogen) atoms. The van der Waals surface area contributed by atoms with Crippen LogP contribution in [0.3, 0.4) is 0 Å². The van der Waals surface area contributed by atoms with Gasteiger partial charge in [-0.25, -0.2) is 0 Å². The molecule has 2 N–H and O–H groups in total. The highest BCUT2D eigenvalue weighted by Gasteiger charge is 2.27. The third kappa shape index (κ3) is 4.66. The number of hydrogen-bond donors (Lipinski definition) is 2. The van der Waals surface area contributed by atoms with E-state index in [1.165, 1.54) is 0 Å². The van der Waals surface area contributed by atoms with E-state index in [0.717, 1.165) is 19.6 Å². The summed E-state index contributed by atoms with van der Waals surface area (Å²) < 4.78 is 10.5. The molecule has 0 aliphatic carbocycles. The molecule has 0 bridgehead atoms. The molecule has 1 fully saturated rings. The average Bonchev–Trinajstić information content (AvgIpc) is 2.54. The van der Waals surface area contributed by atoms with Crippen molar-refractivity contribution in [1.82, 2.24) is 0 Å². The van der Waals surface area contributed by atoms with Gasteiger partial charge in [0.25, 0.3) is 0 Å². The van der Waals surface area contributed by atoms with Crippen molar-refractivity contribution >= 4 is 0 Å². The molecule has 0 unspecified atom stereocenters. The Hall–Kier alpha value is -0.160. The smallest absolute Gasteiger partial charge is 0.165 e. The summed E-state index contributed by atoms with van der Waals surface area (Å²) in [5.74, 6) is -0.264. The van der Waals surface area contributed by atoms with Crippen LogP contribution >= 0.6 is 0 Å². The van der Waals surface area contributed by atoms with E-state index in [0.29, 0.717) is 0 Å². The minimum Gasteiger partial charge on any atom is -0.394 e. The summed E-state index contributed by atoms with van der Waals surface area (Å²) in [7, 11) is 0. The van der Waals surface area contributed by atoms with Crippen molar-refractivity contribution in [2.24, 2.45) is 0 Å². The van der Waals surface area contributed by atoms with Gasteiger partial charge in [-0.1, -0.05) is 6.92 Å². The predicted octanol–water partition coefficient (Wildman–Crippen LogP) is 0.130. The standard InChI is InChI=1S/C6H12O2.C2H6O2/c1-3-6(2)7-4-5-8-6;3-1-2-4/h3-5H2,1-2H3;3-4H,1-2H2. The second-order valence-electron chi connectivity index (χ2n) is 2.63. The molecule has 0 saturated carbocycles. The van der Waals surface area contributed by atoms with Crippen LogP contribution in [0, 0.1) is 0 Å². The summed E-state index contributed by atoms with van der Waals surface area (Å²) in [6.45, 7) is 5.29. The fraction of sp³-hybridized carbons (Fsp3) is 1.00. The number of hydrogen-bond acceptors (Lipinski definition) is 4. The van der Waals surface area contributed by atoms with Crippen molar-refractivity contribution in [3.05, 3.63) is 0 Å². The van der Waals surface area contributed by atoms with Gasteiger partial charge in [-0.15, -0.1) is 0 Å². The molecule has 0 radical (unpaired) electrons. The second-order valence-corrected chi connectivity index (χ2v) is 2.63. The molecule has 0 spiro atoms. The van der Waals surface area contributed by atoms with E-state index in [4.69, 9.17) is 19.7 Å². The van der Waals surface area contributed by atoms with Gasteiger partial charge in [-0.2, -0.15) is 0 Å². The number of rotatable bonds is 2. The van der Waals surface area contributed by atoms with Crippen LogP contribution in [0.2, 0.25) is 0 Å². The minimum absolute atomic E-state index is 0.125. The molecule has 0 aromatic rings. The topological polar surface area (TPSA) is 58.9 Å². The zero-order valence-corrected chi connectivity index (χ0v) is 7.75. The predicted molar refractivity (Wildman–Crippen MR) is 44.8 cm³/mol. The molecule has 0 amide bonds. The van der Waals surface area contributed by atoms with E-state index >= 15 is 0 Å². The quantitative estimate of drug-likeness (QED) is 0.631. The van der Waals surface area contributed by atoms with E-state index in [9.17, 15) is 0 Å². The van der Waals surface area contributed by atoms with Crippen LogP contribution in [0.25, 0.3) is 0 Å². The van der Waals surface area contributed by atoms with Crippen molar-refractivity contribution in [2.45, 2.75) is 26.1 Å². The van der Waals surface area contributed by atoms with E-state index < -0.39 is 0 Å². The lowest BCUT2D eigenvalue weighted by atomic mass is 10.2. The van der Waals surface area contributed by atoms with Gasteiger partial charge >= 0.3 is 0 Å². The second kappa shape index (κ2) is 6.37. The first-order valence-electron chi connectivity index (χ1n) is 4.18. The molecule has 4 heteroatoms. The van der Waals surface area contributed by atoms with Crippen LogP contribution in [0.5, 0.6) is 0 Å². The molecular formula is C8H18O4. The highest BCUT2D eigenvalue weighted by Crippen LogP contribution is 2.21. The minimum atomic E-state index is -0.264. The van der Waals surface area contributed by atoms with Crippen molar-refractivity contribution < 1.29 is 19.7 Å². The first-order chi connectivity index (χ1) is 5.68. The lowest BCUT2D eigenvalue weighted by Crippen LogP contribution is -2.23. The van der Waals surface area contributed by atoms with E-state index in [1.807, 2.05) is 6.92 Å². The molecule has 0 aromatic heterocycles. The Morgan fingerprint density at radius 3 is 1.75 bits per heavy atom. The Kier molecular flexibility index (Phi) is 6.28. The van der Waals surface area contributed by atoms with Crippen molar-refractivity contribution in [3.63, 3.8) is 0 Å². The van der Waals surface area contributed by atoms with Crippen molar-refractivity contribution in [1.29, 1.82) is 0 Å². The SMILES string of the molecule is CCC1(C)OCCO1.OCCO. The number of aliphatic hydroxyl groups is 2. The summed E-state index contributed by atoms with van der Waals surface area (Å²) in [4.78, 5) is 0. The summed E-state index contributed by atoms with van der Waals surface area (Å²) in [5.41, 5.74) is 0.